The standard InChI is InChI=1S/C14H16FNO/c1-4-16-8-12-6-13(15)9(2)5-11(12)7-14(16)10(3)17/h4-6,14H,1,7-8H2,2-3H3. The van der Waals surface area contributed by atoms with Crippen molar-refractivity contribution in [3.63, 3.8) is 0 Å². The summed E-state index contributed by atoms with van der Waals surface area (Å²) in [6.07, 6.45) is 2.30. The Labute approximate surface area is 101 Å². The lowest BCUT2D eigenvalue weighted by atomic mass is 9.91. The van der Waals surface area contributed by atoms with Crippen molar-refractivity contribution in [2.24, 2.45) is 0 Å². The first-order valence-electron chi connectivity index (χ1n) is 5.69. The van der Waals surface area contributed by atoms with E-state index in [1.54, 1.807) is 26.1 Å². The lowest BCUT2D eigenvalue weighted by Gasteiger charge is -2.34. The van der Waals surface area contributed by atoms with Crippen LogP contribution in [0.3, 0.4) is 0 Å². The number of carbonyl (C=O) groups excluding carboxylic acids is 1. The van der Waals surface area contributed by atoms with Gasteiger partial charge in [0.1, 0.15) is 5.82 Å². The van der Waals surface area contributed by atoms with Gasteiger partial charge in [0.15, 0.2) is 5.78 Å². The summed E-state index contributed by atoms with van der Waals surface area (Å²) in [5.74, 6) is -0.0634. The molecule has 0 bridgehead atoms. The average molecular weight is 233 g/mol. The molecular formula is C14H16FNO. The third-order valence-electron chi connectivity index (χ3n) is 3.35. The summed E-state index contributed by atoms with van der Waals surface area (Å²) in [6, 6.07) is 3.25. The number of hydrogen-bond acceptors (Lipinski definition) is 2. The molecule has 1 aromatic rings. The van der Waals surface area contributed by atoms with Crippen molar-refractivity contribution in [1.82, 2.24) is 4.90 Å². The van der Waals surface area contributed by atoms with Gasteiger partial charge in [-0.3, -0.25) is 4.79 Å². The first kappa shape index (κ1) is 11.8. The fourth-order valence-corrected chi connectivity index (χ4v) is 2.32. The Balaban J connectivity index is 2.42. The maximum absolute atomic E-state index is 13.5. The van der Waals surface area contributed by atoms with Crippen molar-refractivity contribution < 1.29 is 9.18 Å². The normalized spacial score (nSPS) is 18.8. The Kier molecular flexibility index (Phi) is 3.01. The van der Waals surface area contributed by atoms with Gasteiger partial charge in [0.05, 0.1) is 6.04 Å². The van der Waals surface area contributed by atoms with Gasteiger partial charge in [0.25, 0.3) is 0 Å². The summed E-state index contributed by atoms with van der Waals surface area (Å²) in [4.78, 5) is 13.4. The van der Waals surface area contributed by atoms with Gasteiger partial charge in [0.2, 0.25) is 0 Å². The number of Topliss-reactive ketones (excluding diaryl/α,β-unsaturated/α-hetero) is 1. The quantitative estimate of drug-likeness (QED) is 0.782. The number of benzene rings is 1. The average Bonchev–Trinajstić information content (AvgIpc) is 2.29. The van der Waals surface area contributed by atoms with Gasteiger partial charge in [-0.25, -0.2) is 4.39 Å². The molecule has 0 saturated carbocycles. The van der Waals surface area contributed by atoms with Crippen LogP contribution >= 0.6 is 0 Å². The van der Waals surface area contributed by atoms with E-state index >= 15 is 0 Å². The van der Waals surface area contributed by atoms with Gasteiger partial charge in [-0.2, -0.15) is 0 Å². The van der Waals surface area contributed by atoms with E-state index in [2.05, 4.69) is 6.58 Å². The fraction of sp³-hybridized carbons (Fsp3) is 0.357. The highest BCUT2D eigenvalue weighted by Gasteiger charge is 2.27. The van der Waals surface area contributed by atoms with Gasteiger partial charge >= 0.3 is 0 Å². The van der Waals surface area contributed by atoms with Crippen LogP contribution in [0, 0.1) is 12.7 Å². The highest BCUT2D eigenvalue weighted by atomic mass is 19.1. The monoisotopic (exact) mass is 233 g/mol. The minimum Gasteiger partial charge on any atom is -0.363 e. The number of rotatable bonds is 2. The topological polar surface area (TPSA) is 20.3 Å². The van der Waals surface area contributed by atoms with E-state index in [0.717, 1.165) is 11.1 Å². The summed E-state index contributed by atoms with van der Waals surface area (Å²) in [6.45, 7) is 7.60. The molecule has 0 aliphatic carbocycles. The van der Waals surface area contributed by atoms with Crippen LogP contribution in [0.25, 0.3) is 0 Å². The Bertz CT molecular complexity index is 481. The molecule has 0 fully saturated rings. The molecule has 1 aromatic carbocycles. The molecule has 1 aliphatic rings. The van der Waals surface area contributed by atoms with Crippen LogP contribution in [-0.4, -0.2) is 16.7 Å². The highest BCUT2D eigenvalue weighted by molar-refractivity contribution is 5.82. The van der Waals surface area contributed by atoms with Gasteiger partial charge in [0, 0.05) is 13.0 Å². The maximum Gasteiger partial charge on any atom is 0.152 e. The van der Waals surface area contributed by atoms with Gasteiger partial charge in [-0.15, -0.1) is 0 Å². The van der Waals surface area contributed by atoms with Gasteiger partial charge < -0.3 is 4.90 Å². The number of carbonyl (C=O) groups is 1. The summed E-state index contributed by atoms with van der Waals surface area (Å²) in [7, 11) is 0. The van der Waals surface area contributed by atoms with Crippen LogP contribution in [-0.2, 0) is 17.8 Å². The minimum absolute atomic E-state index is 0.123. The molecule has 0 spiro atoms. The number of hydrogen-bond donors (Lipinski definition) is 0. The first-order valence-corrected chi connectivity index (χ1v) is 5.69. The molecule has 1 atom stereocenters. The Morgan fingerprint density at radius 1 is 1.53 bits per heavy atom. The molecule has 90 valence electrons. The van der Waals surface area contributed by atoms with E-state index in [-0.39, 0.29) is 17.6 Å². The molecule has 2 nitrogen and oxygen atoms in total. The van der Waals surface area contributed by atoms with E-state index in [0.29, 0.717) is 18.5 Å². The number of halogens is 1. The SMILES string of the molecule is C=CN1Cc2cc(F)c(C)cc2CC1C(C)=O. The van der Waals surface area contributed by atoms with Crippen LogP contribution in [0.5, 0.6) is 0 Å². The summed E-state index contributed by atoms with van der Waals surface area (Å²) < 4.78 is 13.5. The molecule has 1 heterocycles. The maximum atomic E-state index is 13.5. The summed E-state index contributed by atoms with van der Waals surface area (Å²) in [5.41, 5.74) is 2.66. The second kappa shape index (κ2) is 4.32. The zero-order valence-corrected chi connectivity index (χ0v) is 10.2. The number of fused-ring (bicyclic) bond motifs is 1. The van der Waals surface area contributed by atoms with Crippen molar-refractivity contribution in [1.29, 1.82) is 0 Å². The largest absolute Gasteiger partial charge is 0.363 e. The molecule has 2 rings (SSSR count). The first-order chi connectivity index (χ1) is 8.02. The summed E-state index contributed by atoms with van der Waals surface area (Å²) >= 11 is 0. The molecule has 0 aromatic heterocycles. The molecule has 17 heavy (non-hydrogen) atoms. The second-order valence-electron chi connectivity index (χ2n) is 4.56. The van der Waals surface area contributed by atoms with Crippen LogP contribution < -0.4 is 0 Å². The molecule has 3 heteroatoms. The molecule has 0 N–H and O–H groups in total. The number of nitrogens with zero attached hydrogens (tertiary/aromatic N) is 1. The number of aryl methyl sites for hydroxylation is 1. The van der Waals surface area contributed by atoms with Crippen LogP contribution in [0.1, 0.15) is 23.6 Å². The third kappa shape index (κ3) is 2.09. The minimum atomic E-state index is -0.186. The van der Waals surface area contributed by atoms with E-state index in [1.165, 1.54) is 0 Å². The Morgan fingerprint density at radius 3 is 2.82 bits per heavy atom. The Morgan fingerprint density at radius 2 is 2.24 bits per heavy atom. The second-order valence-corrected chi connectivity index (χ2v) is 4.56. The smallest absolute Gasteiger partial charge is 0.152 e. The molecule has 1 unspecified atom stereocenters. The lowest BCUT2D eigenvalue weighted by molar-refractivity contribution is -0.121. The zero-order valence-electron chi connectivity index (χ0n) is 10.2. The predicted molar refractivity (Wildman–Crippen MR) is 65.1 cm³/mol. The van der Waals surface area contributed by atoms with Crippen molar-refractivity contribution in [3.8, 4) is 0 Å². The van der Waals surface area contributed by atoms with Crippen LogP contribution in [0.2, 0.25) is 0 Å². The van der Waals surface area contributed by atoms with E-state index in [9.17, 15) is 9.18 Å². The van der Waals surface area contributed by atoms with Gasteiger partial charge in [-0.1, -0.05) is 12.6 Å². The van der Waals surface area contributed by atoms with E-state index < -0.39 is 0 Å². The molecule has 0 saturated heterocycles. The molecule has 0 amide bonds. The van der Waals surface area contributed by atoms with Crippen molar-refractivity contribution in [3.05, 3.63) is 47.4 Å². The summed E-state index contributed by atoms with van der Waals surface area (Å²) in [5, 5.41) is 0. The predicted octanol–water partition coefficient (Wildman–Crippen LogP) is 2.59. The fourth-order valence-electron chi connectivity index (χ4n) is 2.32. The van der Waals surface area contributed by atoms with E-state index in [1.807, 2.05) is 11.0 Å². The zero-order chi connectivity index (χ0) is 12.6. The highest BCUT2D eigenvalue weighted by Crippen LogP contribution is 2.26. The van der Waals surface area contributed by atoms with Crippen molar-refractivity contribution in [2.75, 3.05) is 0 Å². The molecular weight excluding hydrogens is 217 g/mol. The van der Waals surface area contributed by atoms with Crippen molar-refractivity contribution >= 4 is 5.78 Å². The Hall–Kier alpha value is -1.64. The lowest BCUT2D eigenvalue weighted by Crippen LogP contribution is -2.41. The van der Waals surface area contributed by atoms with Crippen molar-refractivity contribution in [2.45, 2.75) is 32.9 Å². The van der Waals surface area contributed by atoms with Crippen LogP contribution in [0.4, 0.5) is 4.39 Å². The molecule has 0 radical (unpaired) electrons. The number of ketones is 1. The third-order valence-corrected chi connectivity index (χ3v) is 3.35. The van der Waals surface area contributed by atoms with Gasteiger partial charge in [-0.05, 0) is 42.8 Å². The molecule has 1 aliphatic heterocycles. The van der Waals surface area contributed by atoms with E-state index in [4.69, 9.17) is 0 Å². The van der Waals surface area contributed by atoms with Crippen LogP contribution in [0.15, 0.2) is 24.9 Å².